The fourth-order valence-electron chi connectivity index (χ4n) is 2.08. The Kier molecular flexibility index (Phi) is 4.13. The number of hydrogen-bond donors (Lipinski definition) is 1. The normalized spacial score (nSPS) is 13.4. The minimum Gasteiger partial charge on any atom is -0.481 e. The first kappa shape index (κ1) is 14.6. The van der Waals surface area contributed by atoms with Crippen LogP contribution in [-0.4, -0.2) is 24.8 Å². The van der Waals surface area contributed by atoms with Crippen LogP contribution in [0.25, 0.3) is 10.8 Å². The lowest BCUT2D eigenvalue weighted by molar-refractivity contribution is -0.126. The van der Waals surface area contributed by atoms with Crippen LogP contribution in [0.15, 0.2) is 30.5 Å². The van der Waals surface area contributed by atoms with Crippen LogP contribution >= 0.6 is 0 Å². The smallest absolute Gasteiger partial charge is 0.401 e. The molecule has 0 saturated heterocycles. The number of pyridine rings is 1. The highest BCUT2D eigenvalue weighted by atomic mass is 19.4. The van der Waals surface area contributed by atoms with E-state index in [1.807, 2.05) is 24.3 Å². The Morgan fingerprint density at radius 2 is 1.90 bits per heavy atom. The highest BCUT2D eigenvalue weighted by Gasteiger charge is 2.27. The van der Waals surface area contributed by atoms with Crippen LogP contribution < -0.4 is 10.1 Å². The number of rotatable bonds is 4. The van der Waals surface area contributed by atoms with Gasteiger partial charge in [0.15, 0.2) is 0 Å². The van der Waals surface area contributed by atoms with Crippen molar-refractivity contribution < 1.29 is 17.9 Å². The lowest BCUT2D eigenvalue weighted by Gasteiger charge is -2.18. The zero-order valence-corrected chi connectivity index (χ0v) is 11.2. The van der Waals surface area contributed by atoms with Crippen molar-refractivity contribution in [3.63, 3.8) is 0 Å². The van der Waals surface area contributed by atoms with Crippen LogP contribution in [0.3, 0.4) is 0 Å². The van der Waals surface area contributed by atoms with Crippen LogP contribution in [0.5, 0.6) is 5.88 Å². The first-order valence-electron chi connectivity index (χ1n) is 6.14. The molecule has 0 aliphatic rings. The van der Waals surface area contributed by atoms with Gasteiger partial charge in [-0.1, -0.05) is 18.2 Å². The summed E-state index contributed by atoms with van der Waals surface area (Å²) < 4.78 is 42.0. The van der Waals surface area contributed by atoms with E-state index in [1.165, 1.54) is 7.11 Å². The SMILES string of the molecule is COc1ncc([C@@H](C)NCC(F)(F)F)c2ccccc12. The van der Waals surface area contributed by atoms with E-state index in [2.05, 4.69) is 10.3 Å². The standard InChI is InChI=1S/C14H15F3N2O/c1-9(19-8-14(15,16)17)12-7-18-13(20-2)11-6-4-3-5-10(11)12/h3-7,9,19H,8H2,1-2H3/t9-/m1/s1. The molecule has 1 heterocycles. The molecule has 2 rings (SSSR count). The maximum absolute atomic E-state index is 12.3. The molecule has 6 heteroatoms. The molecule has 0 spiro atoms. The maximum Gasteiger partial charge on any atom is 0.401 e. The van der Waals surface area contributed by atoms with Gasteiger partial charge in [0.05, 0.1) is 13.7 Å². The van der Waals surface area contributed by atoms with Crippen LogP contribution in [0, 0.1) is 0 Å². The third-order valence-electron chi connectivity index (χ3n) is 3.06. The average Bonchev–Trinajstić information content (AvgIpc) is 2.42. The zero-order chi connectivity index (χ0) is 14.8. The number of nitrogens with zero attached hydrogens (tertiary/aromatic N) is 1. The third-order valence-corrected chi connectivity index (χ3v) is 3.06. The van der Waals surface area contributed by atoms with Crippen molar-refractivity contribution in [3.05, 3.63) is 36.0 Å². The Hall–Kier alpha value is -1.82. The van der Waals surface area contributed by atoms with Crippen LogP contribution in [-0.2, 0) is 0 Å². The molecule has 1 aromatic carbocycles. The van der Waals surface area contributed by atoms with Crippen molar-refractivity contribution in [3.8, 4) is 5.88 Å². The predicted octanol–water partition coefficient (Wildman–Crippen LogP) is 3.46. The minimum absolute atomic E-state index is 0.458. The van der Waals surface area contributed by atoms with Crippen LogP contribution in [0.4, 0.5) is 13.2 Å². The summed E-state index contributed by atoms with van der Waals surface area (Å²) in [6, 6.07) is 6.90. The highest BCUT2D eigenvalue weighted by molar-refractivity contribution is 5.89. The molecule has 1 N–H and O–H groups in total. The number of fused-ring (bicyclic) bond motifs is 1. The Morgan fingerprint density at radius 1 is 1.25 bits per heavy atom. The molecule has 0 saturated carbocycles. The molecule has 0 unspecified atom stereocenters. The summed E-state index contributed by atoms with van der Waals surface area (Å²) in [5.41, 5.74) is 0.714. The molecule has 0 aliphatic carbocycles. The largest absolute Gasteiger partial charge is 0.481 e. The number of halogens is 3. The third kappa shape index (κ3) is 3.19. The first-order chi connectivity index (χ1) is 9.42. The van der Waals surface area contributed by atoms with E-state index in [0.717, 1.165) is 10.8 Å². The minimum atomic E-state index is -4.23. The number of hydrogen-bond acceptors (Lipinski definition) is 3. The van der Waals surface area contributed by atoms with Gasteiger partial charge in [0.1, 0.15) is 0 Å². The molecule has 0 amide bonds. The summed E-state index contributed by atoms with van der Waals surface area (Å²) >= 11 is 0. The van der Waals surface area contributed by atoms with Gasteiger partial charge in [-0.15, -0.1) is 0 Å². The van der Waals surface area contributed by atoms with E-state index in [0.29, 0.717) is 11.4 Å². The van der Waals surface area contributed by atoms with Crippen molar-refractivity contribution >= 4 is 10.8 Å². The molecule has 1 atom stereocenters. The summed E-state index contributed by atoms with van der Waals surface area (Å²) in [6.45, 7) is 0.649. The Morgan fingerprint density at radius 3 is 2.50 bits per heavy atom. The fourth-order valence-corrected chi connectivity index (χ4v) is 2.08. The number of benzene rings is 1. The first-order valence-corrected chi connectivity index (χ1v) is 6.14. The molecule has 108 valence electrons. The van der Waals surface area contributed by atoms with E-state index in [9.17, 15) is 13.2 Å². The van der Waals surface area contributed by atoms with E-state index in [1.54, 1.807) is 13.1 Å². The van der Waals surface area contributed by atoms with Crippen LogP contribution in [0.2, 0.25) is 0 Å². The molecule has 0 bridgehead atoms. The molecular formula is C14H15F3N2O. The van der Waals surface area contributed by atoms with Gasteiger partial charge in [-0.05, 0) is 23.9 Å². The van der Waals surface area contributed by atoms with Gasteiger partial charge < -0.3 is 10.1 Å². The maximum atomic E-state index is 12.3. The monoisotopic (exact) mass is 284 g/mol. The van der Waals surface area contributed by atoms with Crippen molar-refractivity contribution in [2.75, 3.05) is 13.7 Å². The van der Waals surface area contributed by atoms with Crippen molar-refractivity contribution in [2.24, 2.45) is 0 Å². The van der Waals surface area contributed by atoms with E-state index < -0.39 is 18.8 Å². The predicted molar refractivity (Wildman–Crippen MR) is 70.8 cm³/mol. The molecule has 2 aromatic rings. The molecule has 1 aromatic heterocycles. The van der Waals surface area contributed by atoms with Crippen molar-refractivity contribution in [1.82, 2.24) is 10.3 Å². The number of aromatic nitrogens is 1. The number of ether oxygens (including phenoxy) is 1. The van der Waals surface area contributed by atoms with E-state index in [-0.39, 0.29) is 0 Å². The Balaban J connectivity index is 2.35. The van der Waals surface area contributed by atoms with E-state index in [4.69, 9.17) is 4.74 Å². The highest BCUT2D eigenvalue weighted by Crippen LogP contribution is 2.29. The molecule has 3 nitrogen and oxygen atoms in total. The van der Waals surface area contributed by atoms with Gasteiger partial charge in [-0.25, -0.2) is 4.98 Å². The summed E-state index contributed by atoms with van der Waals surface area (Å²) in [5.74, 6) is 0.465. The molecule has 0 radical (unpaired) electrons. The topological polar surface area (TPSA) is 34.1 Å². The zero-order valence-electron chi connectivity index (χ0n) is 11.2. The van der Waals surface area contributed by atoms with Crippen LogP contribution in [0.1, 0.15) is 18.5 Å². The quantitative estimate of drug-likeness (QED) is 0.933. The van der Waals surface area contributed by atoms with Gasteiger partial charge >= 0.3 is 6.18 Å². The second-order valence-electron chi connectivity index (χ2n) is 4.49. The Bertz CT molecular complexity index is 598. The second-order valence-corrected chi connectivity index (χ2v) is 4.49. The molecule has 0 aliphatic heterocycles. The van der Waals surface area contributed by atoms with Gasteiger partial charge in [-0.3, -0.25) is 0 Å². The average molecular weight is 284 g/mol. The second kappa shape index (κ2) is 5.66. The van der Waals surface area contributed by atoms with Crippen molar-refractivity contribution in [1.29, 1.82) is 0 Å². The number of methoxy groups -OCH3 is 1. The van der Waals surface area contributed by atoms with Gasteiger partial charge in [-0.2, -0.15) is 13.2 Å². The van der Waals surface area contributed by atoms with Crippen molar-refractivity contribution in [2.45, 2.75) is 19.1 Å². The summed E-state index contributed by atoms with van der Waals surface area (Å²) in [7, 11) is 1.51. The lowest BCUT2D eigenvalue weighted by Crippen LogP contribution is -2.31. The van der Waals surface area contributed by atoms with Gasteiger partial charge in [0.2, 0.25) is 5.88 Å². The molecule has 20 heavy (non-hydrogen) atoms. The molecular weight excluding hydrogens is 269 g/mol. The summed E-state index contributed by atoms with van der Waals surface area (Å²) in [4.78, 5) is 4.15. The Labute approximate surface area is 114 Å². The number of alkyl halides is 3. The summed E-state index contributed by atoms with van der Waals surface area (Å²) in [6.07, 6.45) is -2.68. The van der Waals surface area contributed by atoms with Gasteiger partial charge in [0.25, 0.3) is 0 Å². The van der Waals surface area contributed by atoms with E-state index >= 15 is 0 Å². The lowest BCUT2D eigenvalue weighted by atomic mass is 10.0. The van der Waals surface area contributed by atoms with Gasteiger partial charge in [0, 0.05) is 17.6 Å². The fraction of sp³-hybridized carbons (Fsp3) is 0.357. The number of nitrogens with one attached hydrogen (secondary N) is 1. The molecule has 0 fully saturated rings. The summed E-state index contributed by atoms with van der Waals surface area (Å²) in [5, 5.41) is 4.08.